The smallest absolute Gasteiger partial charge is 0.224 e. The molecule has 3 rings (SSSR count). The number of hydrogen-bond donors (Lipinski definition) is 1. The molecule has 1 heterocycles. The molecular weight excluding hydrogens is 356 g/mol. The van der Waals surface area contributed by atoms with Gasteiger partial charge in [0.15, 0.2) is 11.5 Å². The summed E-state index contributed by atoms with van der Waals surface area (Å²) in [7, 11) is 4.93. The van der Waals surface area contributed by atoms with Crippen LogP contribution in [0.5, 0.6) is 17.2 Å². The minimum atomic E-state index is 0.169. The van der Waals surface area contributed by atoms with E-state index in [1.54, 1.807) is 21.3 Å². The molecule has 1 aliphatic heterocycles. The van der Waals surface area contributed by atoms with Crippen LogP contribution in [0.3, 0.4) is 0 Å². The molecule has 0 fully saturated rings. The molecule has 1 aliphatic rings. The first-order valence-electron chi connectivity index (χ1n) is 9.49. The molecular formula is C22H28N2O4. The lowest BCUT2D eigenvalue weighted by molar-refractivity contribution is -0.132. The van der Waals surface area contributed by atoms with E-state index in [0.29, 0.717) is 25.3 Å². The molecule has 2 aromatic carbocycles. The Hall–Kier alpha value is -2.73. The van der Waals surface area contributed by atoms with Crippen LogP contribution in [0.2, 0.25) is 0 Å². The molecule has 150 valence electrons. The van der Waals surface area contributed by atoms with Crippen molar-refractivity contribution in [2.24, 2.45) is 0 Å². The van der Waals surface area contributed by atoms with Crippen molar-refractivity contribution in [2.75, 3.05) is 34.4 Å². The van der Waals surface area contributed by atoms with E-state index >= 15 is 0 Å². The number of methoxy groups -OCH3 is 3. The van der Waals surface area contributed by atoms with Gasteiger partial charge in [0.25, 0.3) is 0 Å². The maximum Gasteiger partial charge on any atom is 0.224 e. The topological polar surface area (TPSA) is 60.0 Å². The third kappa shape index (κ3) is 4.75. The number of fused-ring (bicyclic) bond motifs is 1. The van der Waals surface area contributed by atoms with Gasteiger partial charge in [-0.15, -0.1) is 0 Å². The van der Waals surface area contributed by atoms with Crippen molar-refractivity contribution >= 4 is 5.91 Å². The molecule has 28 heavy (non-hydrogen) atoms. The number of amides is 1. The van der Waals surface area contributed by atoms with Crippen LogP contribution in [0.1, 0.15) is 23.1 Å². The van der Waals surface area contributed by atoms with Crippen molar-refractivity contribution in [1.82, 2.24) is 10.2 Å². The van der Waals surface area contributed by atoms with Crippen LogP contribution in [0.25, 0.3) is 0 Å². The van der Waals surface area contributed by atoms with Gasteiger partial charge in [-0.3, -0.25) is 4.79 Å². The van der Waals surface area contributed by atoms with Gasteiger partial charge in [0.05, 0.1) is 21.3 Å². The van der Waals surface area contributed by atoms with Gasteiger partial charge < -0.3 is 24.4 Å². The number of ether oxygens (including phenoxy) is 3. The minimum Gasteiger partial charge on any atom is -0.497 e. The van der Waals surface area contributed by atoms with Crippen LogP contribution in [0, 0.1) is 0 Å². The van der Waals surface area contributed by atoms with Gasteiger partial charge in [-0.05, 0) is 47.4 Å². The Morgan fingerprint density at radius 2 is 1.68 bits per heavy atom. The van der Waals surface area contributed by atoms with E-state index in [0.717, 1.165) is 36.6 Å². The van der Waals surface area contributed by atoms with Gasteiger partial charge in [0, 0.05) is 32.6 Å². The highest BCUT2D eigenvalue weighted by atomic mass is 16.5. The summed E-state index contributed by atoms with van der Waals surface area (Å²) < 4.78 is 15.9. The highest BCUT2D eigenvalue weighted by Crippen LogP contribution is 2.33. The largest absolute Gasteiger partial charge is 0.497 e. The second kappa shape index (κ2) is 9.46. The van der Waals surface area contributed by atoms with Gasteiger partial charge in [-0.25, -0.2) is 0 Å². The van der Waals surface area contributed by atoms with Crippen LogP contribution in [0.4, 0.5) is 0 Å². The molecule has 0 radical (unpaired) electrons. The first-order chi connectivity index (χ1) is 13.6. The molecule has 0 saturated heterocycles. The standard InChI is InChI=1S/C22H28N2O4/c1-26-19-6-4-16(5-7-19)14-23-10-8-22(25)24-11-9-17-12-20(27-2)21(28-3)13-18(17)15-24/h4-7,12-13,23H,8-11,14-15H2,1-3H3. The Labute approximate surface area is 166 Å². The first kappa shape index (κ1) is 20.0. The number of carbonyl (C=O) groups excluding carboxylic acids is 1. The van der Waals surface area contributed by atoms with E-state index in [1.165, 1.54) is 11.1 Å². The third-order valence-electron chi connectivity index (χ3n) is 5.07. The molecule has 0 saturated carbocycles. The van der Waals surface area contributed by atoms with Crippen LogP contribution in [0.15, 0.2) is 36.4 Å². The summed E-state index contributed by atoms with van der Waals surface area (Å²) >= 11 is 0. The summed E-state index contributed by atoms with van der Waals surface area (Å²) in [5, 5.41) is 3.34. The number of hydrogen-bond acceptors (Lipinski definition) is 5. The normalized spacial score (nSPS) is 13.0. The van der Waals surface area contributed by atoms with Crippen LogP contribution >= 0.6 is 0 Å². The highest BCUT2D eigenvalue weighted by molar-refractivity contribution is 5.76. The predicted octanol–water partition coefficient (Wildman–Crippen LogP) is 2.78. The Balaban J connectivity index is 1.49. The molecule has 2 aromatic rings. The van der Waals surface area contributed by atoms with Gasteiger partial charge in [-0.1, -0.05) is 12.1 Å². The van der Waals surface area contributed by atoms with Gasteiger partial charge >= 0.3 is 0 Å². The molecule has 1 amide bonds. The van der Waals surface area contributed by atoms with E-state index < -0.39 is 0 Å². The second-order valence-corrected chi connectivity index (χ2v) is 6.82. The van der Waals surface area contributed by atoms with Crippen LogP contribution < -0.4 is 19.5 Å². The second-order valence-electron chi connectivity index (χ2n) is 6.82. The molecule has 6 nitrogen and oxygen atoms in total. The number of rotatable bonds is 8. The third-order valence-corrected chi connectivity index (χ3v) is 5.07. The zero-order valence-corrected chi connectivity index (χ0v) is 16.8. The Morgan fingerprint density at radius 1 is 1.00 bits per heavy atom. The lowest BCUT2D eigenvalue weighted by Crippen LogP contribution is -2.37. The van der Waals surface area contributed by atoms with Crippen LogP contribution in [-0.4, -0.2) is 45.2 Å². The Bertz CT molecular complexity index is 805. The minimum absolute atomic E-state index is 0.169. The summed E-state index contributed by atoms with van der Waals surface area (Å²) in [6, 6.07) is 11.9. The molecule has 0 bridgehead atoms. The molecule has 0 atom stereocenters. The summed E-state index contributed by atoms with van der Waals surface area (Å²) in [6.07, 6.45) is 1.32. The monoisotopic (exact) mass is 384 g/mol. The van der Waals surface area contributed by atoms with Gasteiger partial charge in [0.1, 0.15) is 5.75 Å². The van der Waals surface area contributed by atoms with Crippen molar-refractivity contribution in [1.29, 1.82) is 0 Å². The predicted molar refractivity (Wildman–Crippen MR) is 108 cm³/mol. The first-order valence-corrected chi connectivity index (χ1v) is 9.49. The van der Waals surface area contributed by atoms with E-state index in [2.05, 4.69) is 5.32 Å². The Kier molecular flexibility index (Phi) is 6.76. The quantitative estimate of drug-likeness (QED) is 0.709. The van der Waals surface area contributed by atoms with Crippen molar-refractivity contribution in [3.63, 3.8) is 0 Å². The fourth-order valence-electron chi connectivity index (χ4n) is 3.43. The summed E-state index contributed by atoms with van der Waals surface area (Å²) in [6.45, 7) is 2.74. The maximum absolute atomic E-state index is 12.6. The molecule has 0 unspecified atom stereocenters. The average molecular weight is 384 g/mol. The van der Waals surface area contributed by atoms with E-state index in [9.17, 15) is 4.79 Å². The molecule has 0 aliphatic carbocycles. The number of nitrogens with zero attached hydrogens (tertiary/aromatic N) is 1. The SMILES string of the molecule is COc1ccc(CNCCC(=O)N2CCc3cc(OC)c(OC)cc3C2)cc1. The van der Waals surface area contributed by atoms with Crippen molar-refractivity contribution in [3.8, 4) is 17.2 Å². The fraction of sp³-hybridized carbons (Fsp3) is 0.409. The molecule has 0 spiro atoms. The molecule has 6 heteroatoms. The lowest BCUT2D eigenvalue weighted by Gasteiger charge is -2.29. The van der Waals surface area contributed by atoms with Crippen molar-refractivity contribution in [2.45, 2.75) is 25.9 Å². The number of nitrogens with one attached hydrogen (secondary N) is 1. The lowest BCUT2D eigenvalue weighted by atomic mass is 9.98. The number of carbonyl (C=O) groups is 1. The van der Waals surface area contributed by atoms with E-state index in [4.69, 9.17) is 14.2 Å². The van der Waals surface area contributed by atoms with Crippen molar-refractivity contribution in [3.05, 3.63) is 53.1 Å². The van der Waals surface area contributed by atoms with Crippen LogP contribution in [-0.2, 0) is 24.3 Å². The Morgan fingerprint density at radius 3 is 2.32 bits per heavy atom. The van der Waals surface area contributed by atoms with E-state index in [1.807, 2.05) is 41.3 Å². The highest BCUT2D eigenvalue weighted by Gasteiger charge is 2.22. The fourth-order valence-corrected chi connectivity index (χ4v) is 3.43. The average Bonchev–Trinajstić information content (AvgIpc) is 2.75. The number of benzene rings is 2. The summed E-state index contributed by atoms with van der Waals surface area (Å²) in [5.74, 6) is 2.46. The van der Waals surface area contributed by atoms with E-state index in [-0.39, 0.29) is 5.91 Å². The zero-order valence-electron chi connectivity index (χ0n) is 16.8. The molecule has 1 N–H and O–H groups in total. The zero-order chi connectivity index (χ0) is 19.9. The van der Waals surface area contributed by atoms with Gasteiger partial charge in [-0.2, -0.15) is 0 Å². The summed E-state index contributed by atoms with van der Waals surface area (Å²) in [4.78, 5) is 14.5. The van der Waals surface area contributed by atoms with Crippen molar-refractivity contribution < 1.29 is 19.0 Å². The maximum atomic E-state index is 12.6. The summed E-state index contributed by atoms with van der Waals surface area (Å²) in [5.41, 5.74) is 3.52. The molecule has 0 aromatic heterocycles. The van der Waals surface area contributed by atoms with Gasteiger partial charge in [0.2, 0.25) is 5.91 Å².